The average molecular weight is 654 g/mol. The number of amides is 1. The third-order valence-electron chi connectivity index (χ3n) is 8.43. The highest BCUT2D eigenvalue weighted by Crippen LogP contribution is 2.31. The van der Waals surface area contributed by atoms with Crippen molar-refractivity contribution in [2.24, 2.45) is 0 Å². The van der Waals surface area contributed by atoms with Crippen molar-refractivity contribution in [2.45, 2.75) is 31.7 Å². The zero-order valence-electron chi connectivity index (χ0n) is 26.5. The number of halogens is 4. The molecular formula is C35H39F4N5O3. The highest BCUT2D eigenvalue weighted by Gasteiger charge is 2.32. The van der Waals surface area contributed by atoms with Gasteiger partial charge >= 0.3 is 6.36 Å². The number of para-hydroxylation sites is 2. The molecule has 1 saturated heterocycles. The smallest absolute Gasteiger partial charge is 0.496 e. The van der Waals surface area contributed by atoms with E-state index in [9.17, 15) is 22.4 Å². The van der Waals surface area contributed by atoms with E-state index in [-0.39, 0.29) is 29.6 Å². The van der Waals surface area contributed by atoms with Crippen LogP contribution in [0.5, 0.6) is 11.5 Å². The number of carbonyl (C=O) groups excluding carboxylic acids is 1. The first-order chi connectivity index (χ1) is 22.6. The largest absolute Gasteiger partial charge is 0.573 e. The van der Waals surface area contributed by atoms with Crippen molar-refractivity contribution in [3.05, 3.63) is 96.3 Å². The van der Waals surface area contributed by atoms with E-state index in [1.807, 2.05) is 24.3 Å². The van der Waals surface area contributed by atoms with Crippen LogP contribution in [0.1, 0.15) is 34.7 Å². The fraction of sp³-hybridized carbons (Fsp3) is 0.371. The van der Waals surface area contributed by atoms with Gasteiger partial charge in [-0.05, 0) is 74.0 Å². The molecule has 3 aromatic carbocycles. The van der Waals surface area contributed by atoms with Crippen LogP contribution in [0, 0.1) is 5.82 Å². The van der Waals surface area contributed by atoms with E-state index < -0.39 is 18.0 Å². The predicted octanol–water partition coefficient (Wildman–Crippen LogP) is 6.73. The summed E-state index contributed by atoms with van der Waals surface area (Å²) >= 11 is 0. The van der Waals surface area contributed by atoms with Crippen molar-refractivity contribution in [1.82, 2.24) is 19.4 Å². The van der Waals surface area contributed by atoms with Gasteiger partial charge in [0.15, 0.2) is 0 Å². The molecule has 1 aliphatic heterocycles. The Morgan fingerprint density at radius 1 is 1.06 bits per heavy atom. The van der Waals surface area contributed by atoms with Gasteiger partial charge in [-0.15, -0.1) is 19.8 Å². The molecule has 1 fully saturated rings. The Balaban J connectivity index is 1.28. The molecule has 0 bridgehead atoms. The monoisotopic (exact) mass is 653 g/mol. The third kappa shape index (κ3) is 8.42. The molecule has 0 spiro atoms. The summed E-state index contributed by atoms with van der Waals surface area (Å²) in [6.07, 6.45) is -1.42. The molecule has 1 amide bonds. The summed E-state index contributed by atoms with van der Waals surface area (Å²) in [6, 6.07) is 17.7. The molecule has 1 aliphatic rings. The van der Waals surface area contributed by atoms with Crippen molar-refractivity contribution < 1.29 is 31.8 Å². The molecule has 1 aromatic heterocycles. The van der Waals surface area contributed by atoms with Gasteiger partial charge in [-0.3, -0.25) is 4.79 Å². The number of nitrogens with zero attached hydrogens (tertiary/aromatic N) is 5. The number of rotatable bonds is 12. The number of ether oxygens (including phenoxy) is 2. The quantitative estimate of drug-likeness (QED) is 0.125. The summed E-state index contributed by atoms with van der Waals surface area (Å²) in [7, 11) is 2.93. The summed E-state index contributed by atoms with van der Waals surface area (Å²) in [5.41, 5.74) is 2.83. The maximum Gasteiger partial charge on any atom is 0.573 e. The highest BCUT2D eigenvalue weighted by molar-refractivity contribution is 5.97. The summed E-state index contributed by atoms with van der Waals surface area (Å²) in [5.74, 6) is -0.503. The lowest BCUT2D eigenvalue weighted by atomic mass is 9.94. The number of fused-ring (bicyclic) bond motifs is 1. The van der Waals surface area contributed by atoms with E-state index in [4.69, 9.17) is 9.72 Å². The normalized spacial score (nSPS) is 14.9. The number of anilines is 1. The van der Waals surface area contributed by atoms with Gasteiger partial charge in [-0.2, -0.15) is 0 Å². The molecule has 0 aliphatic carbocycles. The molecule has 0 N–H and O–H groups in total. The van der Waals surface area contributed by atoms with E-state index in [1.165, 1.54) is 30.2 Å². The fourth-order valence-electron chi connectivity index (χ4n) is 6.11. The number of hydrogen-bond acceptors (Lipinski definition) is 6. The van der Waals surface area contributed by atoms with Crippen molar-refractivity contribution in [3.8, 4) is 11.5 Å². The maximum absolute atomic E-state index is 13.8. The molecule has 12 heteroatoms. The van der Waals surface area contributed by atoms with Crippen LogP contribution >= 0.6 is 0 Å². The van der Waals surface area contributed by atoms with Crippen LogP contribution in [-0.2, 0) is 6.54 Å². The van der Waals surface area contributed by atoms with Crippen molar-refractivity contribution in [3.63, 3.8) is 0 Å². The zero-order valence-corrected chi connectivity index (χ0v) is 26.5. The fourth-order valence-corrected chi connectivity index (χ4v) is 6.11. The van der Waals surface area contributed by atoms with Crippen LogP contribution in [0.15, 0.2) is 79.4 Å². The minimum Gasteiger partial charge on any atom is -0.496 e. The number of hydrogen-bond donors (Lipinski definition) is 0. The van der Waals surface area contributed by atoms with E-state index in [1.54, 1.807) is 19.2 Å². The lowest BCUT2D eigenvalue weighted by Gasteiger charge is -2.28. The first kappa shape index (κ1) is 33.8. The van der Waals surface area contributed by atoms with E-state index in [0.29, 0.717) is 13.0 Å². The number of likely N-dealkylation sites (N-methyl/N-ethyl adjacent to an activating group) is 1. The van der Waals surface area contributed by atoms with Crippen molar-refractivity contribution in [1.29, 1.82) is 0 Å². The Hall–Kier alpha value is -4.58. The molecule has 0 radical (unpaired) electrons. The lowest BCUT2D eigenvalue weighted by molar-refractivity contribution is -0.274. The topological polar surface area (TPSA) is 63.1 Å². The second-order valence-electron chi connectivity index (χ2n) is 11.6. The van der Waals surface area contributed by atoms with Crippen LogP contribution in [0.25, 0.3) is 11.0 Å². The van der Waals surface area contributed by atoms with Crippen molar-refractivity contribution >= 4 is 22.9 Å². The molecule has 4 aromatic rings. The second-order valence-corrected chi connectivity index (χ2v) is 11.6. The van der Waals surface area contributed by atoms with Gasteiger partial charge in [0.25, 0.3) is 5.91 Å². The third-order valence-corrected chi connectivity index (χ3v) is 8.43. The minimum absolute atomic E-state index is 0.0512. The molecule has 8 nitrogen and oxygen atoms in total. The van der Waals surface area contributed by atoms with Gasteiger partial charge in [0.1, 0.15) is 17.3 Å². The van der Waals surface area contributed by atoms with Gasteiger partial charge < -0.3 is 28.7 Å². The zero-order chi connectivity index (χ0) is 33.6. The standard InChI is InChI=1S/C35H39F4N5O3/c1-4-17-44-31-9-6-5-8-30(31)40-34(44)43-19-7-18-42(21-22-43)20-16-26(25-10-12-27(36)13-11-25)24-41(2)33(45)29-23-28(47-35(37,38)39)14-15-32(29)46-3/h4-6,8-15,23,26H,1,7,16-22,24H2,2-3H3. The minimum atomic E-state index is -4.90. The molecule has 1 unspecified atom stereocenters. The summed E-state index contributed by atoms with van der Waals surface area (Å²) in [5, 5.41) is 0. The Morgan fingerprint density at radius 3 is 2.55 bits per heavy atom. The molecule has 1 atom stereocenters. The summed E-state index contributed by atoms with van der Waals surface area (Å²) in [6.45, 7) is 8.91. The molecule has 2 heterocycles. The molecular weight excluding hydrogens is 614 g/mol. The van der Waals surface area contributed by atoms with Crippen LogP contribution in [0.2, 0.25) is 0 Å². The van der Waals surface area contributed by atoms with Crippen LogP contribution in [0.4, 0.5) is 23.5 Å². The van der Waals surface area contributed by atoms with Gasteiger partial charge in [-0.25, -0.2) is 9.37 Å². The number of alkyl halides is 3. The number of methoxy groups -OCH3 is 1. The Bertz CT molecular complexity index is 1670. The first-order valence-corrected chi connectivity index (χ1v) is 15.5. The van der Waals surface area contributed by atoms with Crippen LogP contribution in [0.3, 0.4) is 0 Å². The average Bonchev–Trinajstić information content (AvgIpc) is 3.24. The van der Waals surface area contributed by atoms with E-state index >= 15 is 0 Å². The number of aromatic nitrogens is 2. The van der Waals surface area contributed by atoms with E-state index in [0.717, 1.165) is 73.8 Å². The summed E-state index contributed by atoms with van der Waals surface area (Å²) in [4.78, 5) is 24.6. The van der Waals surface area contributed by atoms with Crippen LogP contribution in [-0.4, -0.2) is 85.0 Å². The SMILES string of the molecule is C=CCn1c(N2CCCN(CCC(CN(C)C(=O)c3cc(OC(F)(F)F)ccc3OC)c3ccc(F)cc3)CC2)nc2ccccc21. The second kappa shape index (κ2) is 14.9. The number of allylic oxidation sites excluding steroid dienone is 1. The van der Waals surface area contributed by atoms with Gasteiger partial charge in [-0.1, -0.05) is 30.3 Å². The first-order valence-electron chi connectivity index (χ1n) is 15.5. The van der Waals surface area contributed by atoms with Crippen LogP contribution < -0.4 is 14.4 Å². The Morgan fingerprint density at radius 2 is 1.83 bits per heavy atom. The van der Waals surface area contributed by atoms with Crippen molar-refractivity contribution in [2.75, 3.05) is 58.3 Å². The molecule has 5 rings (SSSR count). The lowest BCUT2D eigenvalue weighted by Crippen LogP contribution is -2.35. The highest BCUT2D eigenvalue weighted by atomic mass is 19.4. The Kier molecular flexibility index (Phi) is 10.7. The Labute approximate surface area is 271 Å². The molecule has 250 valence electrons. The van der Waals surface area contributed by atoms with Gasteiger partial charge in [0, 0.05) is 45.7 Å². The number of imidazole rings is 1. The van der Waals surface area contributed by atoms with Gasteiger partial charge in [0.05, 0.1) is 23.7 Å². The molecule has 47 heavy (non-hydrogen) atoms. The van der Waals surface area contributed by atoms with E-state index in [2.05, 4.69) is 31.7 Å². The number of benzene rings is 3. The number of carbonyl (C=O) groups is 1. The van der Waals surface area contributed by atoms with Gasteiger partial charge in [0.2, 0.25) is 5.95 Å². The summed E-state index contributed by atoms with van der Waals surface area (Å²) < 4.78 is 64.0. The molecule has 0 saturated carbocycles. The predicted molar refractivity (Wildman–Crippen MR) is 174 cm³/mol. The maximum atomic E-state index is 13.8.